The maximum Gasteiger partial charge on any atom is 0.174 e. The minimum Gasteiger partial charge on any atom is -0.380 e. The molecule has 0 radical (unpaired) electrons. The minimum absolute atomic E-state index is 0.373. The normalized spacial score (nSPS) is 10.6. The lowest BCUT2D eigenvalue weighted by molar-refractivity contribution is 1.05. The van der Waals surface area contributed by atoms with E-state index in [0.717, 1.165) is 5.52 Å². The molecule has 2 aromatic rings. The smallest absolute Gasteiger partial charge is 0.174 e. The van der Waals surface area contributed by atoms with Crippen LogP contribution in [0.25, 0.3) is 11.0 Å². The zero-order chi connectivity index (χ0) is 7.84. The maximum atomic E-state index is 5.52. The van der Waals surface area contributed by atoms with Crippen LogP contribution in [0.2, 0.25) is 0 Å². The largest absolute Gasteiger partial charge is 0.380 e. The Kier molecular flexibility index (Phi) is 1.41. The first-order valence-corrected chi connectivity index (χ1v) is 3.86. The van der Waals surface area contributed by atoms with Gasteiger partial charge < -0.3 is 5.73 Å². The molecule has 6 heteroatoms. The van der Waals surface area contributed by atoms with Crippen molar-refractivity contribution in [3.8, 4) is 0 Å². The molecule has 2 N–H and O–H groups in total. The van der Waals surface area contributed by atoms with Gasteiger partial charge in [-0.3, -0.25) is 2.78 Å². The van der Waals surface area contributed by atoms with Gasteiger partial charge in [-0.15, -0.1) is 5.10 Å². The van der Waals surface area contributed by atoms with Gasteiger partial charge >= 0.3 is 0 Å². The summed E-state index contributed by atoms with van der Waals surface area (Å²) in [6.07, 6.45) is 3.30. The van der Waals surface area contributed by atoms with E-state index >= 15 is 0 Å². The zero-order valence-electron chi connectivity index (χ0n) is 5.40. The molecule has 0 amide bonds. The Balaban J connectivity index is 2.94. The van der Waals surface area contributed by atoms with Crippen molar-refractivity contribution < 1.29 is 0 Å². The summed E-state index contributed by atoms with van der Waals surface area (Å²) in [6, 6.07) is 0. The van der Waals surface area contributed by atoms with E-state index in [0.29, 0.717) is 11.3 Å². The van der Waals surface area contributed by atoms with Crippen LogP contribution in [-0.2, 0) is 0 Å². The summed E-state index contributed by atoms with van der Waals surface area (Å²) in [7, 11) is 0. The highest BCUT2D eigenvalue weighted by Crippen LogP contribution is 2.16. The summed E-state index contributed by atoms with van der Waals surface area (Å²) in [5.41, 5.74) is 7.11. The van der Waals surface area contributed by atoms with Gasteiger partial charge in [-0.1, -0.05) is 0 Å². The Bertz CT molecular complexity index is 395. The second-order valence-electron chi connectivity index (χ2n) is 2.02. The minimum atomic E-state index is 0.373. The molecule has 2 rings (SSSR count). The fourth-order valence-electron chi connectivity index (χ4n) is 0.845. The van der Waals surface area contributed by atoms with Crippen molar-refractivity contribution in [2.75, 3.05) is 5.73 Å². The number of imidazole rings is 1. The fraction of sp³-hybridized carbons (Fsp3) is 0. The zero-order valence-corrected chi connectivity index (χ0v) is 7.56. The molecule has 0 aromatic carbocycles. The highest BCUT2D eigenvalue weighted by atomic mass is 127. The number of halogens is 1. The molecule has 11 heavy (non-hydrogen) atoms. The highest BCUT2D eigenvalue weighted by Gasteiger charge is 2.03. The van der Waals surface area contributed by atoms with Crippen LogP contribution in [0.15, 0.2) is 12.5 Å². The number of rotatable bonds is 0. The number of aromatic nitrogens is 4. The van der Waals surface area contributed by atoms with Crippen molar-refractivity contribution in [2.24, 2.45) is 0 Å². The summed E-state index contributed by atoms with van der Waals surface area (Å²) >= 11 is 2.10. The molecular weight excluding hydrogens is 257 g/mol. The van der Waals surface area contributed by atoms with E-state index in [9.17, 15) is 0 Å². The number of fused-ring (bicyclic) bond motifs is 1. The standard InChI is InChI=1S/C5H4IN5/c6-11-2-8-4-3(11)1-9-10-5(4)7/h1-2H,(H2,7,10). The Hall–Kier alpha value is -0.920. The molecule has 0 saturated carbocycles. The van der Waals surface area contributed by atoms with Gasteiger partial charge in [0.15, 0.2) is 5.82 Å². The molecule has 0 unspecified atom stereocenters. The monoisotopic (exact) mass is 261 g/mol. The van der Waals surface area contributed by atoms with Crippen molar-refractivity contribution in [3.05, 3.63) is 12.5 Å². The van der Waals surface area contributed by atoms with Gasteiger partial charge in [0.2, 0.25) is 0 Å². The molecule has 0 atom stereocenters. The van der Waals surface area contributed by atoms with Crippen LogP contribution in [0, 0.1) is 0 Å². The Morgan fingerprint density at radius 2 is 2.36 bits per heavy atom. The van der Waals surface area contributed by atoms with Gasteiger partial charge in [0.25, 0.3) is 0 Å². The SMILES string of the molecule is Nc1nncc2c1ncn2I. The average molecular weight is 261 g/mol. The fourth-order valence-corrected chi connectivity index (χ4v) is 1.32. The topological polar surface area (TPSA) is 69.6 Å². The predicted molar refractivity (Wildman–Crippen MR) is 49.2 cm³/mol. The van der Waals surface area contributed by atoms with E-state index in [-0.39, 0.29) is 0 Å². The molecule has 56 valence electrons. The third-order valence-corrected chi connectivity index (χ3v) is 2.12. The molecule has 0 saturated heterocycles. The van der Waals surface area contributed by atoms with Crippen molar-refractivity contribution in [3.63, 3.8) is 0 Å². The van der Waals surface area contributed by atoms with Crippen molar-refractivity contribution in [1.82, 2.24) is 18.0 Å². The quantitative estimate of drug-likeness (QED) is 0.705. The number of nitrogens with two attached hydrogens (primary N) is 1. The predicted octanol–water partition coefficient (Wildman–Crippen LogP) is 0.607. The number of hydrogen-bond donors (Lipinski definition) is 1. The van der Waals surface area contributed by atoms with Crippen LogP contribution >= 0.6 is 22.9 Å². The lowest BCUT2D eigenvalue weighted by Crippen LogP contribution is -1.93. The Morgan fingerprint density at radius 1 is 1.55 bits per heavy atom. The third-order valence-electron chi connectivity index (χ3n) is 1.35. The van der Waals surface area contributed by atoms with Crippen molar-refractivity contribution in [1.29, 1.82) is 0 Å². The van der Waals surface area contributed by atoms with Crippen molar-refractivity contribution >= 4 is 39.7 Å². The van der Waals surface area contributed by atoms with Crippen LogP contribution in [0.3, 0.4) is 0 Å². The van der Waals surface area contributed by atoms with Gasteiger partial charge in [-0.25, -0.2) is 4.98 Å². The molecule has 0 aliphatic carbocycles. The summed E-state index contributed by atoms with van der Waals surface area (Å²) in [5, 5.41) is 7.37. The van der Waals surface area contributed by atoms with Gasteiger partial charge in [-0.2, -0.15) is 5.10 Å². The van der Waals surface area contributed by atoms with Crippen molar-refractivity contribution in [2.45, 2.75) is 0 Å². The third kappa shape index (κ3) is 0.934. The second kappa shape index (κ2) is 2.29. The number of hydrogen-bond acceptors (Lipinski definition) is 4. The number of nitrogen functional groups attached to an aromatic ring is 1. The van der Waals surface area contributed by atoms with Gasteiger partial charge in [0.1, 0.15) is 17.4 Å². The first-order chi connectivity index (χ1) is 5.29. The summed E-state index contributed by atoms with van der Waals surface area (Å²) in [4.78, 5) is 4.05. The summed E-state index contributed by atoms with van der Waals surface area (Å²) in [5.74, 6) is 0.373. The van der Waals surface area contributed by atoms with E-state index in [1.807, 2.05) is 2.78 Å². The van der Waals surface area contributed by atoms with Gasteiger partial charge in [0, 0.05) is 0 Å². The molecule has 5 nitrogen and oxygen atoms in total. The molecule has 0 aliphatic rings. The lowest BCUT2D eigenvalue weighted by atomic mass is 10.4. The van der Waals surface area contributed by atoms with E-state index in [1.54, 1.807) is 12.5 Å². The summed E-state index contributed by atoms with van der Waals surface area (Å²) in [6.45, 7) is 0. The lowest BCUT2D eigenvalue weighted by Gasteiger charge is -1.91. The van der Waals surface area contributed by atoms with Crippen LogP contribution in [0.4, 0.5) is 5.82 Å². The molecule has 0 fully saturated rings. The number of anilines is 1. The number of nitrogens with zero attached hydrogens (tertiary/aromatic N) is 4. The van der Waals surface area contributed by atoms with Crippen LogP contribution in [-0.4, -0.2) is 18.0 Å². The second-order valence-corrected chi connectivity index (χ2v) is 3.06. The molecule has 0 spiro atoms. The van der Waals surface area contributed by atoms with Crippen LogP contribution < -0.4 is 5.73 Å². The Labute approximate surface area is 76.1 Å². The first kappa shape index (κ1) is 6.77. The van der Waals surface area contributed by atoms with E-state index < -0.39 is 0 Å². The van der Waals surface area contributed by atoms with E-state index in [1.165, 1.54) is 0 Å². The molecule has 0 aliphatic heterocycles. The Morgan fingerprint density at radius 3 is 3.09 bits per heavy atom. The molecule has 2 heterocycles. The maximum absolute atomic E-state index is 5.52. The highest BCUT2D eigenvalue weighted by molar-refractivity contribution is 14.1. The first-order valence-electron chi connectivity index (χ1n) is 2.89. The molecule has 0 bridgehead atoms. The van der Waals surface area contributed by atoms with E-state index in [4.69, 9.17) is 5.73 Å². The molecular formula is C5H4IN5. The summed E-state index contributed by atoms with van der Waals surface area (Å²) < 4.78 is 1.82. The molecule has 2 aromatic heterocycles. The van der Waals surface area contributed by atoms with Crippen LogP contribution in [0.5, 0.6) is 0 Å². The van der Waals surface area contributed by atoms with Gasteiger partial charge in [-0.05, 0) is 0 Å². The van der Waals surface area contributed by atoms with E-state index in [2.05, 4.69) is 38.0 Å². The average Bonchev–Trinajstić information content (AvgIpc) is 2.35. The van der Waals surface area contributed by atoms with Gasteiger partial charge in [0.05, 0.1) is 29.1 Å². The van der Waals surface area contributed by atoms with Crippen LogP contribution in [0.1, 0.15) is 0 Å².